The van der Waals surface area contributed by atoms with Crippen LogP contribution in [-0.2, 0) is 11.3 Å². The summed E-state index contributed by atoms with van der Waals surface area (Å²) in [6, 6.07) is 19.8. The molecule has 3 aromatic rings. The van der Waals surface area contributed by atoms with Gasteiger partial charge in [-0.3, -0.25) is 0 Å². The molecule has 0 saturated heterocycles. The van der Waals surface area contributed by atoms with Crippen LogP contribution in [0, 0.1) is 17.6 Å². The van der Waals surface area contributed by atoms with Gasteiger partial charge in [0, 0.05) is 31.9 Å². The van der Waals surface area contributed by atoms with Gasteiger partial charge >= 0.3 is 0 Å². The van der Waals surface area contributed by atoms with Crippen LogP contribution in [-0.4, -0.2) is 6.10 Å². The van der Waals surface area contributed by atoms with Crippen LogP contribution in [0.25, 0.3) is 0 Å². The van der Waals surface area contributed by atoms with Crippen LogP contribution in [0.2, 0.25) is 0 Å². The molecule has 155 valence electrons. The van der Waals surface area contributed by atoms with E-state index in [1.54, 1.807) is 12.1 Å². The molecule has 30 heavy (non-hydrogen) atoms. The van der Waals surface area contributed by atoms with Crippen LogP contribution in [0.15, 0.2) is 75.7 Å². The van der Waals surface area contributed by atoms with E-state index in [1.165, 1.54) is 12.1 Å². The fraction of sp³-hybridized carbons (Fsp3) is 0.240. The molecular formula is C25H21Br2F2O. The van der Waals surface area contributed by atoms with Crippen LogP contribution in [0.4, 0.5) is 8.78 Å². The third kappa shape index (κ3) is 4.53. The van der Waals surface area contributed by atoms with Gasteiger partial charge < -0.3 is 4.74 Å². The fourth-order valence-electron chi connectivity index (χ4n) is 4.25. The molecule has 0 aromatic heterocycles. The first-order valence-electron chi connectivity index (χ1n) is 9.96. The molecule has 0 amide bonds. The van der Waals surface area contributed by atoms with Crippen LogP contribution < -0.4 is 0 Å². The fourth-order valence-corrected chi connectivity index (χ4v) is 5.44. The van der Waals surface area contributed by atoms with Crippen molar-refractivity contribution in [2.75, 3.05) is 0 Å². The normalized spacial score (nSPS) is 19.7. The zero-order valence-corrected chi connectivity index (χ0v) is 19.4. The van der Waals surface area contributed by atoms with Crippen LogP contribution >= 0.6 is 31.9 Å². The number of hydrogen-bond acceptors (Lipinski definition) is 1. The third-order valence-corrected chi connectivity index (χ3v) is 6.94. The van der Waals surface area contributed by atoms with Gasteiger partial charge in [0.25, 0.3) is 0 Å². The van der Waals surface area contributed by atoms with Gasteiger partial charge in [-0.25, -0.2) is 8.78 Å². The lowest BCUT2D eigenvalue weighted by Crippen LogP contribution is -2.33. The summed E-state index contributed by atoms with van der Waals surface area (Å²) in [6.45, 7) is 0.430. The van der Waals surface area contributed by atoms with E-state index in [9.17, 15) is 4.39 Å². The van der Waals surface area contributed by atoms with Crippen molar-refractivity contribution in [3.05, 3.63) is 110 Å². The number of ether oxygens (including phenoxy) is 1. The first-order valence-corrected chi connectivity index (χ1v) is 11.5. The van der Waals surface area contributed by atoms with E-state index < -0.39 is 0 Å². The Morgan fingerprint density at radius 2 is 1.53 bits per heavy atom. The third-order valence-electron chi connectivity index (χ3n) is 5.58. The lowest BCUT2D eigenvalue weighted by Gasteiger charge is -2.39. The average Bonchev–Trinajstić information content (AvgIpc) is 2.74. The highest BCUT2D eigenvalue weighted by Crippen LogP contribution is 2.49. The highest BCUT2D eigenvalue weighted by Gasteiger charge is 2.40. The van der Waals surface area contributed by atoms with Gasteiger partial charge in [0.2, 0.25) is 0 Å². The molecule has 0 N–H and O–H groups in total. The van der Waals surface area contributed by atoms with E-state index in [0.717, 1.165) is 24.3 Å². The summed E-state index contributed by atoms with van der Waals surface area (Å²) < 4.78 is 37.6. The molecule has 1 fully saturated rings. The summed E-state index contributed by atoms with van der Waals surface area (Å²) in [5.74, 6) is -0.128. The number of benzene rings is 3. The molecule has 3 aromatic carbocycles. The van der Waals surface area contributed by atoms with Gasteiger partial charge in [-0.2, -0.15) is 0 Å². The minimum Gasteiger partial charge on any atom is -0.373 e. The van der Waals surface area contributed by atoms with E-state index in [1.807, 2.05) is 42.5 Å². The number of halogens is 4. The summed E-state index contributed by atoms with van der Waals surface area (Å²) in [5.41, 5.74) is 2.11. The van der Waals surface area contributed by atoms with Gasteiger partial charge in [-0.15, -0.1) is 0 Å². The molecule has 0 spiro atoms. The predicted octanol–water partition coefficient (Wildman–Crippen LogP) is 7.97. The molecule has 0 heterocycles. The highest BCUT2D eigenvalue weighted by molar-refractivity contribution is 9.10. The van der Waals surface area contributed by atoms with Gasteiger partial charge in [0.05, 0.1) is 12.7 Å². The second-order valence-electron chi connectivity index (χ2n) is 7.46. The smallest absolute Gasteiger partial charge is 0.128 e. The monoisotopic (exact) mass is 533 g/mol. The van der Waals surface area contributed by atoms with E-state index >= 15 is 4.39 Å². The molecule has 0 aliphatic heterocycles. The molecular weight excluding hydrogens is 514 g/mol. The second-order valence-corrected chi connectivity index (χ2v) is 9.17. The van der Waals surface area contributed by atoms with Crippen LogP contribution in [0.5, 0.6) is 0 Å². The summed E-state index contributed by atoms with van der Waals surface area (Å²) in [4.78, 5) is 0. The topological polar surface area (TPSA) is 9.23 Å². The number of rotatable bonds is 5. The van der Waals surface area contributed by atoms with Gasteiger partial charge in [-0.1, -0.05) is 74.3 Å². The maximum absolute atomic E-state index is 15.1. The lowest BCUT2D eigenvalue weighted by atomic mass is 9.70. The second kappa shape index (κ2) is 9.71. The SMILES string of the molecule is Fc1cccc(Br)c1[C]1CCCC(OCc2ccccc2)C1c1c(F)cccc1Br. The number of hydrogen-bond donors (Lipinski definition) is 0. The van der Waals surface area contributed by atoms with Crippen molar-refractivity contribution in [2.24, 2.45) is 0 Å². The Bertz CT molecular complexity index is 969. The molecule has 1 aliphatic rings. The molecule has 2 atom stereocenters. The van der Waals surface area contributed by atoms with Crippen molar-refractivity contribution in [2.45, 2.75) is 37.9 Å². The largest absolute Gasteiger partial charge is 0.373 e. The predicted molar refractivity (Wildman–Crippen MR) is 122 cm³/mol. The Kier molecular flexibility index (Phi) is 7.01. The van der Waals surface area contributed by atoms with E-state index in [-0.39, 0.29) is 23.7 Å². The van der Waals surface area contributed by atoms with Crippen molar-refractivity contribution < 1.29 is 13.5 Å². The Morgan fingerprint density at radius 1 is 0.833 bits per heavy atom. The van der Waals surface area contributed by atoms with Crippen molar-refractivity contribution in [3.63, 3.8) is 0 Å². The molecule has 4 rings (SSSR count). The molecule has 1 aliphatic carbocycles. The minimum absolute atomic E-state index is 0.256. The first kappa shape index (κ1) is 21.7. The summed E-state index contributed by atoms with van der Waals surface area (Å²) in [7, 11) is 0. The molecule has 2 unspecified atom stereocenters. The highest BCUT2D eigenvalue weighted by atomic mass is 79.9. The van der Waals surface area contributed by atoms with Gasteiger partial charge in [0.15, 0.2) is 0 Å². The lowest BCUT2D eigenvalue weighted by molar-refractivity contribution is 0.00850. The van der Waals surface area contributed by atoms with Crippen LogP contribution in [0.1, 0.15) is 41.9 Å². The Labute approximate surface area is 192 Å². The first-order chi connectivity index (χ1) is 14.6. The maximum Gasteiger partial charge on any atom is 0.128 e. The van der Waals surface area contributed by atoms with E-state index in [2.05, 4.69) is 31.9 Å². The zero-order chi connectivity index (χ0) is 21.1. The Hall–Kier alpha value is -1.56. The van der Waals surface area contributed by atoms with E-state index in [4.69, 9.17) is 4.74 Å². The molecule has 5 heteroatoms. The Balaban J connectivity index is 1.75. The zero-order valence-electron chi connectivity index (χ0n) is 16.3. The summed E-state index contributed by atoms with van der Waals surface area (Å²) in [5, 5.41) is 0. The Morgan fingerprint density at radius 3 is 2.23 bits per heavy atom. The van der Waals surface area contributed by atoms with Crippen molar-refractivity contribution >= 4 is 31.9 Å². The van der Waals surface area contributed by atoms with Crippen molar-refractivity contribution in [1.29, 1.82) is 0 Å². The molecule has 1 radical (unpaired) electrons. The summed E-state index contributed by atoms with van der Waals surface area (Å²) in [6.07, 6.45) is 2.08. The van der Waals surface area contributed by atoms with Crippen molar-refractivity contribution in [1.82, 2.24) is 0 Å². The molecule has 1 nitrogen and oxygen atoms in total. The minimum atomic E-state index is -0.383. The molecule has 1 saturated carbocycles. The van der Waals surface area contributed by atoms with Gasteiger partial charge in [0.1, 0.15) is 11.6 Å². The van der Waals surface area contributed by atoms with Crippen molar-refractivity contribution in [3.8, 4) is 0 Å². The molecule has 0 bridgehead atoms. The van der Waals surface area contributed by atoms with E-state index in [0.29, 0.717) is 33.1 Å². The quantitative estimate of drug-likeness (QED) is 0.322. The summed E-state index contributed by atoms with van der Waals surface area (Å²) >= 11 is 7.04. The standard InChI is InChI=1S/C25H21Br2F2O/c26-18-10-5-12-20(28)23(18)17-9-4-14-22(30-15-16-7-2-1-3-8-16)24(17)25-19(27)11-6-13-21(25)29/h1-3,5-8,10-13,22,24H,4,9,14-15H2. The van der Waals surface area contributed by atoms with Crippen LogP contribution in [0.3, 0.4) is 0 Å². The average molecular weight is 535 g/mol. The van der Waals surface area contributed by atoms with Gasteiger partial charge in [-0.05, 0) is 49.1 Å². The maximum atomic E-state index is 15.1.